The van der Waals surface area contributed by atoms with Gasteiger partial charge >= 0.3 is 0 Å². The van der Waals surface area contributed by atoms with Crippen LogP contribution in [-0.2, 0) is 4.79 Å². The van der Waals surface area contributed by atoms with E-state index in [1.807, 2.05) is 24.3 Å². The van der Waals surface area contributed by atoms with Crippen molar-refractivity contribution < 1.29 is 9.53 Å². The van der Waals surface area contributed by atoms with Crippen LogP contribution in [0.1, 0.15) is 0 Å². The highest BCUT2D eigenvalue weighted by Crippen LogP contribution is 2.24. The van der Waals surface area contributed by atoms with Crippen LogP contribution < -0.4 is 10.1 Å². The summed E-state index contributed by atoms with van der Waals surface area (Å²) in [5.41, 5.74) is 0.739. The van der Waals surface area contributed by atoms with Crippen LogP contribution in [0.15, 0.2) is 53.0 Å². The van der Waals surface area contributed by atoms with E-state index in [2.05, 4.69) is 21.2 Å². The van der Waals surface area contributed by atoms with Crippen molar-refractivity contribution in [2.75, 3.05) is 5.32 Å². The first-order valence-electron chi connectivity index (χ1n) is 5.01. The van der Waals surface area contributed by atoms with E-state index < -0.39 is 0 Å². The fraction of sp³-hybridized carbons (Fsp3) is 0. The third-order valence-electron chi connectivity index (χ3n) is 2.13. The van der Waals surface area contributed by atoms with Crippen LogP contribution in [0.2, 0.25) is 0 Å². The highest BCUT2D eigenvalue weighted by molar-refractivity contribution is 9.10. The van der Waals surface area contributed by atoms with Crippen molar-refractivity contribution in [3.63, 3.8) is 0 Å². The molecule has 0 heterocycles. The number of halogens is 1. The van der Waals surface area contributed by atoms with E-state index in [-0.39, 0.29) is 0 Å². The number of benzene rings is 2. The number of anilines is 1. The largest absolute Gasteiger partial charge is 0.457 e. The molecular weight excluding hydrogens is 282 g/mol. The summed E-state index contributed by atoms with van der Waals surface area (Å²) in [7, 11) is 0. The lowest BCUT2D eigenvalue weighted by Gasteiger charge is -2.06. The minimum Gasteiger partial charge on any atom is -0.457 e. The second-order valence-corrected chi connectivity index (χ2v) is 4.26. The molecule has 2 aromatic rings. The Hall–Kier alpha value is -1.81. The van der Waals surface area contributed by atoms with Crippen molar-refractivity contribution >= 4 is 28.0 Å². The first-order valence-corrected chi connectivity index (χ1v) is 5.81. The van der Waals surface area contributed by atoms with Crippen LogP contribution in [0.4, 0.5) is 5.69 Å². The molecule has 2 aromatic carbocycles. The van der Waals surface area contributed by atoms with Crippen molar-refractivity contribution in [2.24, 2.45) is 0 Å². The second kappa shape index (κ2) is 5.50. The summed E-state index contributed by atoms with van der Waals surface area (Å²) >= 11 is 3.36. The van der Waals surface area contributed by atoms with Crippen LogP contribution in [0.3, 0.4) is 0 Å². The van der Waals surface area contributed by atoms with E-state index in [1.54, 1.807) is 24.3 Å². The summed E-state index contributed by atoms with van der Waals surface area (Å²) in [6.07, 6.45) is 0.643. The van der Waals surface area contributed by atoms with Gasteiger partial charge in [-0.1, -0.05) is 15.9 Å². The van der Waals surface area contributed by atoms with Crippen LogP contribution in [0.25, 0.3) is 0 Å². The van der Waals surface area contributed by atoms with Gasteiger partial charge in [-0.3, -0.25) is 4.79 Å². The number of rotatable bonds is 4. The predicted molar refractivity (Wildman–Crippen MR) is 70.3 cm³/mol. The fourth-order valence-electron chi connectivity index (χ4n) is 1.33. The fourth-order valence-corrected chi connectivity index (χ4v) is 1.59. The molecule has 0 aliphatic carbocycles. The number of carbonyl (C=O) groups excluding carboxylic acids is 1. The molecule has 0 saturated carbocycles. The normalized spacial score (nSPS) is 9.71. The van der Waals surface area contributed by atoms with Crippen LogP contribution >= 0.6 is 15.9 Å². The van der Waals surface area contributed by atoms with Gasteiger partial charge in [-0.25, -0.2) is 0 Å². The zero-order valence-electron chi connectivity index (χ0n) is 8.89. The van der Waals surface area contributed by atoms with Gasteiger partial charge in [0, 0.05) is 10.2 Å². The molecule has 2 rings (SSSR count). The molecule has 0 fully saturated rings. The average Bonchev–Trinajstić information content (AvgIpc) is 2.35. The zero-order chi connectivity index (χ0) is 12.1. The molecule has 0 aromatic heterocycles. The van der Waals surface area contributed by atoms with Crippen molar-refractivity contribution in [2.45, 2.75) is 0 Å². The minimum atomic E-state index is 0.643. The Bertz CT molecular complexity index is 494. The molecule has 0 bridgehead atoms. The molecule has 0 atom stereocenters. The van der Waals surface area contributed by atoms with Gasteiger partial charge in [-0.15, -0.1) is 0 Å². The quantitative estimate of drug-likeness (QED) is 0.870. The number of ether oxygens (including phenoxy) is 1. The molecule has 4 heteroatoms. The molecule has 1 N–H and O–H groups in total. The monoisotopic (exact) mass is 291 g/mol. The molecule has 0 spiro atoms. The number of hydrogen-bond acceptors (Lipinski definition) is 2. The maximum absolute atomic E-state index is 10.2. The maximum atomic E-state index is 10.2. The number of nitrogens with one attached hydrogen (secondary N) is 1. The summed E-state index contributed by atoms with van der Waals surface area (Å²) in [5.74, 6) is 1.49. The summed E-state index contributed by atoms with van der Waals surface area (Å²) in [6.45, 7) is 0. The molecule has 0 radical (unpaired) electrons. The Morgan fingerprint density at radius 2 is 1.47 bits per heavy atom. The van der Waals surface area contributed by atoms with E-state index in [0.29, 0.717) is 6.41 Å². The first-order chi connectivity index (χ1) is 8.28. The predicted octanol–water partition coefficient (Wildman–Crippen LogP) is 3.81. The van der Waals surface area contributed by atoms with Crippen molar-refractivity contribution in [3.8, 4) is 11.5 Å². The van der Waals surface area contributed by atoms with E-state index in [1.165, 1.54) is 0 Å². The third-order valence-corrected chi connectivity index (χ3v) is 2.66. The first kappa shape index (κ1) is 11.7. The van der Waals surface area contributed by atoms with Gasteiger partial charge in [0.25, 0.3) is 0 Å². The summed E-state index contributed by atoms with van der Waals surface area (Å²) in [6, 6.07) is 14.7. The molecule has 86 valence electrons. The summed E-state index contributed by atoms with van der Waals surface area (Å²) in [5, 5.41) is 2.56. The molecule has 0 unspecified atom stereocenters. The molecule has 1 amide bonds. The van der Waals surface area contributed by atoms with Crippen molar-refractivity contribution in [1.29, 1.82) is 0 Å². The Labute approximate surface area is 108 Å². The summed E-state index contributed by atoms with van der Waals surface area (Å²) in [4.78, 5) is 10.2. The van der Waals surface area contributed by atoms with Gasteiger partial charge in [-0.05, 0) is 48.5 Å². The Morgan fingerprint density at radius 3 is 2.00 bits per heavy atom. The number of carbonyl (C=O) groups is 1. The Kier molecular flexibility index (Phi) is 3.77. The van der Waals surface area contributed by atoms with Gasteiger partial charge in [0.05, 0.1) is 0 Å². The topological polar surface area (TPSA) is 38.3 Å². The van der Waals surface area contributed by atoms with Crippen molar-refractivity contribution in [3.05, 3.63) is 53.0 Å². The molecular formula is C13H10BrNO2. The highest BCUT2D eigenvalue weighted by atomic mass is 79.9. The van der Waals surface area contributed by atoms with Gasteiger partial charge in [0.1, 0.15) is 11.5 Å². The smallest absolute Gasteiger partial charge is 0.211 e. The van der Waals surface area contributed by atoms with Crippen LogP contribution in [-0.4, -0.2) is 6.41 Å². The Balaban J connectivity index is 2.08. The number of hydrogen-bond donors (Lipinski definition) is 1. The lowest BCUT2D eigenvalue weighted by molar-refractivity contribution is -0.105. The molecule has 3 nitrogen and oxygen atoms in total. The lowest BCUT2D eigenvalue weighted by Crippen LogP contribution is -1.92. The highest BCUT2D eigenvalue weighted by Gasteiger charge is 1.97. The van der Waals surface area contributed by atoms with E-state index in [0.717, 1.165) is 21.7 Å². The Morgan fingerprint density at radius 1 is 0.941 bits per heavy atom. The number of amides is 1. The SMILES string of the molecule is O=CNc1ccc(Oc2ccc(Br)cc2)cc1. The molecule has 17 heavy (non-hydrogen) atoms. The zero-order valence-corrected chi connectivity index (χ0v) is 10.5. The third kappa shape index (κ3) is 3.32. The summed E-state index contributed by atoms with van der Waals surface area (Å²) < 4.78 is 6.64. The minimum absolute atomic E-state index is 0.643. The second-order valence-electron chi connectivity index (χ2n) is 3.34. The lowest BCUT2D eigenvalue weighted by atomic mass is 10.3. The van der Waals surface area contributed by atoms with E-state index >= 15 is 0 Å². The van der Waals surface area contributed by atoms with E-state index in [4.69, 9.17) is 4.74 Å². The van der Waals surface area contributed by atoms with Gasteiger partial charge in [0.15, 0.2) is 0 Å². The van der Waals surface area contributed by atoms with Gasteiger partial charge in [-0.2, -0.15) is 0 Å². The van der Waals surface area contributed by atoms with Crippen molar-refractivity contribution in [1.82, 2.24) is 0 Å². The van der Waals surface area contributed by atoms with Gasteiger partial charge < -0.3 is 10.1 Å². The van der Waals surface area contributed by atoms with Gasteiger partial charge in [0.2, 0.25) is 6.41 Å². The standard InChI is InChI=1S/C13H10BrNO2/c14-10-1-5-12(6-2-10)17-13-7-3-11(4-8-13)15-9-16/h1-9H,(H,15,16). The van der Waals surface area contributed by atoms with E-state index in [9.17, 15) is 4.79 Å². The molecule has 0 saturated heterocycles. The average molecular weight is 292 g/mol. The molecule has 0 aliphatic rings. The maximum Gasteiger partial charge on any atom is 0.211 e. The molecule has 0 aliphatic heterocycles. The van der Waals surface area contributed by atoms with Crippen LogP contribution in [0.5, 0.6) is 11.5 Å². The van der Waals surface area contributed by atoms with Crippen LogP contribution in [0, 0.1) is 0 Å².